The molecule has 146 valence electrons. The number of guanidine groups is 1. The van der Waals surface area contributed by atoms with E-state index in [0.29, 0.717) is 38.1 Å². The van der Waals surface area contributed by atoms with Gasteiger partial charge in [-0.25, -0.2) is 4.39 Å². The summed E-state index contributed by atoms with van der Waals surface area (Å²) < 4.78 is 29.9. The van der Waals surface area contributed by atoms with E-state index in [4.69, 9.17) is 14.2 Å². The fourth-order valence-electron chi connectivity index (χ4n) is 2.45. The molecule has 0 fully saturated rings. The topological polar surface area (TPSA) is 64.1 Å². The van der Waals surface area contributed by atoms with Crippen LogP contribution in [0.1, 0.15) is 6.42 Å². The van der Waals surface area contributed by atoms with Gasteiger partial charge in [-0.1, -0.05) is 6.07 Å². The number of hydrogen-bond donors (Lipinski definition) is 2. The average molecular weight is 487 g/mol. The summed E-state index contributed by atoms with van der Waals surface area (Å²) in [6.45, 7) is 2.20. The van der Waals surface area contributed by atoms with Crippen LogP contribution in [-0.2, 0) is 0 Å². The standard InChI is InChI=1S/C19H22FN3O3.HI/c1-21-19(22-8-11-24-16-5-2-4-14(20)12-16)23-15-6-7-17-18(13-15)26-10-3-9-25-17;/h2,4-7,12-13H,3,8-11H2,1H3,(H2,21,22,23);1H. The van der Waals surface area contributed by atoms with Gasteiger partial charge in [0.1, 0.15) is 18.2 Å². The molecule has 2 N–H and O–H groups in total. The Hall–Kier alpha value is -2.23. The maximum absolute atomic E-state index is 13.1. The zero-order valence-electron chi connectivity index (χ0n) is 15.0. The largest absolute Gasteiger partial charge is 0.492 e. The van der Waals surface area contributed by atoms with Crippen molar-refractivity contribution in [2.75, 3.05) is 38.7 Å². The van der Waals surface area contributed by atoms with Crippen molar-refractivity contribution in [1.29, 1.82) is 0 Å². The number of hydrogen-bond acceptors (Lipinski definition) is 4. The molecule has 2 aromatic carbocycles. The summed E-state index contributed by atoms with van der Waals surface area (Å²) in [5.41, 5.74) is 0.841. The lowest BCUT2D eigenvalue weighted by molar-refractivity contribution is 0.297. The highest BCUT2D eigenvalue weighted by Crippen LogP contribution is 2.32. The molecule has 0 saturated heterocycles. The molecule has 27 heavy (non-hydrogen) atoms. The van der Waals surface area contributed by atoms with Crippen LogP contribution < -0.4 is 24.8 Å². The quantitative estimate of drug-likeness (QED) is 0.292. The molecule has 0 amide bonds. The van der Waals surface area contributed by atoms with Crippen molar-refractivity contribution < 1.29 is 18.6 Å². The fraction of sp³-hybridized carbons (Fsp3) is 0.316. The first-order valence-corrected chi connectivity index (χ1v) is 8.50. The summed E-state index contributed by atoms with van der Waals surface area (Å²) in [4.78, 5) is 4.18. The number of rotatable bonds is 5. The number of ether oxygens (including phenoxy) is 3. The van der Waals surface area contributed by atoms with Crippen LogP contribution in [0.3, 0.4) is 0 Å². The zero-order chi connectivity index (χ0) is 18.2. The predicted octanol–water partition coefficient (Wildman–Crippen LogP) is 3.67. The van der Waals surface area contributed by atoms with Crippen molar-refractivity contribution in [2.45, 2.75) is 6.42 Å². The van der Waals surface area contributed by atoms with Crippen LogP contribution in [0, 0.1) is 5.82 Å². The van der Waals surface area contributed by atoms with Gasteiger partial charge in [-0.2, -0.15) is 0 Å². The third-order valence-electron chi connectivity index (χ3n) is 3.69. The van der Waals surface area contributed by atoms with Gasteiger partial charge >= 0.3 is 0 Å². The Morgan fingerprint density at radius 2 is 1.96 bits per heavy atom. The molecule has 1 heterocycles. The molecule has 2 aromatic rings. The Balaban J connectivity index is 0.00000261. The van der Waals surface area contributed by atoms with Crippen molar-refractivity contribution in [1.82, 2.24) is 5.32 Å². The van der Waals surface area contributed by atoms with Gasteiger partial charge < -0.3 is 24.8 Å². The number of nitrogens with zero attached hydrogens (tertiary/aromatic N) is 1. The van der Waals surface area contributed by atoms with E-state index in [-0.39, 0.29) is 29.8 Å². The van der Waals surface area contributed by atoms with Gasteiger partial charge in [-0.05, 0) is 24.3 Å². The Labute approximate surface area is 175 Å². The van der Waals surface area contributed by atoms with E-state index in [1.54, 1.807) is 19.2 Å². The predicted molar refractivity (Wildman–Crippen MR) is 114 cm³/mol. The molecule has 3 rings (SSSR count). The van der Waals surface area contributed by atoms with Crippen molar-refractivity contribution in [2.24, 2.45) is 4.99 Å². The van der Waals surface area contributed by atoms with E-state index in [1.807, 2.05) is 18.2 Å². The van der Waals surface area contributed by atoms with E-state index >= 15 is 0 Å². The van der Waals surface area contributed by atoms with Gasteiger partial charge in [0, 0.05) is 31.3 Å². The summed E-state index contributed by atoms with van der Waals surface area (Å²) in [6.07, 6.45) is 0.867. The molecule has 0 aromatic heterocycles. The third kappa shape index (κ3) is 6.46. The number of benzene rings is 2. The van der Waals surface area contributed by atoms with Crippen molar-refractivity contribution in [3.8, 4) is 17.2 Å². The van der Waals surface area contributed by atoms with E-state index in [2.05, 4.69) is 15.6 Å². The highest BCUT2D eigenvalue weighted by atomic mass is 127. The Morgan fingerprint density at radius 1 is 1.15 bits per heavy atom. The second-order valence-corrected chi connectivity index (χ2v) is 5.64. The first-order valence-electron chi connectivity index (χ1n) is 8.50. The second-order valence-electron chi connectivity index (χ2n) is 5.64. The van der Waals surface area contributed by atoms with Crippen LogP contribution in [-0.4, -0.2) is 39.4 Å². The Kier molecular flexibility index (Phi) is 8.43. The molecular formula is C19H23FIN3O3. The molecule has 0 aliphatic carbocycles. The van der Waals surface area contributed by atoms with Gasteiger partial charge in [0.25, 0.3) is 0 Å². The monoisotopic (exact) mass is 487 g/mol. The molecule has 1 aliphatic heterocycles. The van der Waals surface area contributed by atoms with E-state index in [1.165, 1.54) is 12.1 Å². The lowest BCUT2D eigenvalue weighted by atomic mass is 10.3. The molecule has 0 bridgehead atoms. The van der Waals surface area contributed by atoms with Gasteiger partial charge in [0.2, 0.25) is 0 Å². The molecule has 0 unspecified atom stereocenters. The van der Waals surface area contributed by atoms with Crippen LogP contribution >= 0.6 is 24.0 Å². The minimum absolute atomic E-state index is 0. The van der Waals surface area contributed by atoms with E-state index < -0.39 is 0 Å². The van der Waals surface area contributed by atoms with Crippen molar-refractivity contribution >= 4 is 35.6 Å². The lowest BCUT2D eigenvalue weighted by Crippen LogP contribution is -2.33. The average Bonchev–Trinajstić information content (AvgIpc) is 2.89. The number of anilines is 1. The summed E-state index contributed by atoms with van der Waals surface area (Å²) in [5.74, 6) is 2.25. The van der Waals surface area contributed by atoms with Gasteiger partial charge in [-0.15, -0.1) is 24.0 Å². The van der Waals surface area contributed by atoms with E-state index in [0.717, 1.165) is 23.6 Å². The molecule has 0 radical (unpaired) electrons. The maximum Gasteiger partial charge on any atom is 0.195 e. The number of aliphatic imine (C=N–C) groups is 1. The molecule has 0 atom stereocenters. The van der Waals surface area contributed by atoms with Crippen LogP contribution in [0.4, 0.5) is 10.1 Å². The molecule has 8 heteroatoms. The molecule has 6 nitrogen and oxygen atoms in total. The Morgan fingerprint density at radius 3 is 2.74 bits per heavy atom. The number of halogens is 2. The summed E-state index contributed by atoms with van der Waals surface area (Å²) >= 11 is 0. The van der Waals surface area contributed by atoms with Crippen molar-refractivity contribution in [3.63, 3.8) is 0 Å². The molecule has 1 aliphatic rings. The van der Waals surface area contributed by atoms with Gasteiger partial charge in [0.05, 0.1) is 19.8 Å². The Bertz CT molecular complexity index is 774. The van der Waals surface area contributed by atoms with Gasteiger partial charge in [-0.3, -0.25) is 4.99 Å². The minimum atomic E-state index is -0.317. The normalized spacial score (nSPS) is 13.2. The molecule has 0 spiro atoms. The smallest absolute Gasteiger partial charge is 0.195 e. The second kappa shape index (κ2) is 10.8. The van der Waals surface area contributed by atoms with Crippen molar-refractivity contribution in [3.05, 3.63) is 48.3 Å². The first-order chi connectivity index (χ1) is 12.7. The number of fused-ring (bicyclic) bond motifs is 1. The third-order valence-corrected chi connectivity index (χ3v) is 3.69. The van der Waals surface area contributed by atoms with Crippen LogP contribution in [0.5, 0.6) is 17.2 Å². The minimum Gasteiger partial charge on any atom is -0.492 e. The van der Waals surface area contributed by atoms with E-state index in [9.17, 15) is 4.39 Å². The van der Waals surface area contributed by atoms with Crippen LogP contribution in [0.2, 0.25) is 0 Å². The first kappa shape index (κ1) is 21.1. The maximum atomic E-state index is 13.1. The number of nitrogens with one attached hydrogen (secondary N) is 2. The lowest BCUT2D eigenvalue weighted by Gasteiger charge is -2.14. The highest BCUT2D eigenvalue weighted by Gasteiger charge is 2.11. The molecular weight excluding hydrogens is 464 g/mol. The molecule has 0 saturated carbocycles. The fourth-order valence-corrected chi connectivity index (χ4v) is 2.45. The van der Waals surface area contributed by atoms with Crippen LogP contribution in [0.25, 0.3) is 0 Å². The summed E-state index contributed by atoms with van der Waals surface area (Å²) in [5, 5.41) is 6.34. The summed E-state index contributed by atoms with van der Waals surface area (Å²) in [6, 6.07) is 11.7. The highest BCUT2D eigenvalue weighted by molar-refractivity contribution is 14.0. The SMILES string of the molecule is CN=C(NCCOc1cccc(F)c1)Nc1ccc2c(c1)OCCCO2.I. The summed E-state index contributed by atoms with van der Waals surface area (Å²) in [7, 11) is 1.69. The zero-order valence-corrected chi connectivity index (χ0v) is 17.4. The van der Waals surface area contributed by atoms with Crippen LogP contribution in [0.15, 0.2) is 47.5 Å². The van der Waals surface area contributed by atoms with Gasteiger partial charge in [0.15, 0.2) is 17.5 Å².